The number of carbonyl (C=O) groups is 1. The van der Waals surface area contributed by atoms with E-state index < -0.39 is 9.84 Å². The first-order valence-corrected chi connectivity index (χ1v) is 7.90. The molecule has 0 aromatic carbocycles. The van der Waals surface area contributed by atoms with Crippen molar-refractivity contribution in [1.29, 1.82) is 0 Å². The molecule has 1 aliphatic rings. The first-order valence-electron chi connectivity index (χ1n) is 4.75. The van der Waals surface area contributed by atoms with Crippen LogP contribution >= 0.6 is 24.0 Å². The molecule has 1 aromatic heterocycles. The zero-order valence-electron chi connectivity index (χ0n) is 8.42. The topological polar surface area (TPSA) is 54.5 Å². The molecule has 2 rings (SSSR count). The van der Waals surface area contributed by atoms with E-state index in [0.29, 0.717) is 18.0 Å². The van der Waals surface area contributed by atoms with Crippen molar-refractivity contribution in [3.63, 3.8) is 0 Å². The zero-order valence-corrected chi connectivity index (χ0v) is 10.9. The van der Waals surface area contributed by atoms with Crippen molar-refractivity contribution in [2.45, 2.75) is 4.90 Å². The van der Waals surface area contributed by atoms with Gasteiger partial charge in [0.25, 0.3) is 5.91 Å². The Bertz CT molecular complexity index is 492. The minimum Gasteiger partial charge on any atom is -0.336 e. The van der Waals surface area contributed by atoms with Crippen molar-refractivity contribution in [3.8, 4) is 0 Å². The van der Waals surface area contributed by atoms with E-state index in [2.05, 4.69) is 12.6 Å². The van der Waals surface area contributed by atoms with E-state index >= 15 is 0 Å². The third-order valence-corrected chi connectivity index (χ3v) is 5.39. The molecular weight excluding hydrogens is 266 g/mol. The van der Waals surface area contributed by atoms with Crippen LogP contribution in [0, 0.1) is 0 Å². The van der Waals surface area contributed by atoms with Crippen LogP contribution in [-0.4, -0.2) is 43.8 Å². The molecule has 2 heterocycles. The molecule has 1 aliphatic heterocycles. The monoisotopic (exact) mass is 277 g/mol. The largest absolute Gasteiger partial charge is 0.336 e. The van der Waals surface area contributed by atoms with Gasteiger partial charge in [-0.3, -0.25) is 4.79 Å². The summed E-state index contributed by atoms with van der Waals surface area (Å²) in [6.45, 7) is 0.585. The molecule has 7 heteroatoms. The molecule has 16 heavy (non-hydrogen) atoms. The maximum Gasteiger partial charge on any atom is 0.264 e. The number of rotatable bonds is 1. The highest BCUT2D eigenvalue weighted by Crippen LogP contribution is 2.20. The maximum absolute atomic E-state index is 11.9. The van der Waals surface area contributed by atoms with Crippen molar-refractivity contribution >= 4 is 39.7 Å². The molecule has 88 valence electrons. The van der Waals surface area contributed by atoms with E-state index in [1.165, 1.54) is 11.3 Å². The van der Waals surface area contributed by atoms with Crippen LogP contribution in [0.2, 0.25) is 0 Å². The molecule has 0 atom stereocenters. The highest BCUT2D eigenvalue weighted by Gasteiger charge is 2.26. The molecule has 0 N–H and O–H groups in total. The molecule has 1 aromatic rings. The van der Waals surface area contributed by atoms with E-state index in [1.54, 1.807) is 16.3 Å². The number of thiophene rings is 1. The van der Waals surface area contributed by atoms with Gasteiger partial charge in [-0.15, -0.1) is 24.0 Å². The van der Waals surface area contributed by atoms with Gasteiger partial charge in [0, 0.05) is 23.4 Å². The Balaban J connectivity index is 2.07. The van der Waals surface area contributed by atoms with Gasteiger partial charge in [0.2, 0.25) is 0 Å². The standard InChI is InChI=1S/C9H11NO3S3/c11-9(8-5-7(14)6-15-8)10-1-3-16(12,13)4-2-10/h5-6,14H,1-4H2. The summed E-state index contributed by atoms with van der Waals surface area (Å²) in [6, 6.07) is 1.71. The summed E-state index contributed by atoms with van der Waals surface area (Å²) in [5.74, 6) is 0.0376. The third kappa shape index (κ3) is 2.58. The van der Waals surface area contributed by atoms with Crippen LogP contribution in [0.3, 0.4) is 0 Å². The number of carbonyl (C=O) groups excluding carboxylic acids is 1. The fourth-order valence-corrected chi connectivity index (χ4v) is 3.83. The summed E-state index contributed by atoms with van der Waals surface area (Å²) in [6.07, 6.45) is 0. The van der Waals surface area contributed by atoms with E-state index in [1.807, 2.05) is 0 Å². The van der Waals surface area contributed by atoms with Crippen LogP contribution in [0.15, 0.2) is 16.3 Å². The second kappa shape index (κ2) is 4.38. The Morgan fingerprint density at radius 3 is 2.50 bits per heavy atom. The first kappa shape index (κ1) is 11.9. The Kier molecular flexibility index (Phi) is 3.27. The number of nitrogens with zero attached hydrogens (tertiary/aromatic N) is 1. The van der Waals surface area contributed by atoms with Gasteiger partial charge in [-0.25, -0.2) is 8.42 Å². The summed E-state index contributed by atoms with van der Waals surface area (Å²) < 4.78 is 22.4. The predicted molar refractivity (Wildman–Crippen MR) is 66.1 cm³/mol. The quantitative estimate of drug-likeness (QED) is 0.776. The molecule has 4 nitrogen and oxygen atoms in total. The minimum absolute atomic E-state index is 0.0673. The van der Waals surface area contributed by atoms with Crippen LogP contribution in [0.1, 0.15) is 9.67 Å². The highest BCUT2D eigenvalue weighted by molar-refractivity contribution is 7.91. The molecule has 0 saturated carbocycles. The van der Waals surface area contributed by atoms with Crippen molar-refractivity contribution in [2.24, 2.45) is 0 Å². The van der Waals surface area contributed by atoms with Crippen LogP contribution in [0.25, 0.3) is 0 Å². The lowest BCUT2D eigenvalue weighted by Gasteiger charge is -2.26. The number of hydrogen-bond donors (Lipinski definition) is 1. The van der Waals surface area contributed by atoms with Gasteiger partial charge in [0.1, 0.15) is 0 Å². The Morgan fingerprint density at radius 1 is 1.38 bits per heavy atom. The average molecular weight is 277 g/mol. The van der Waals surface area contributed by atoms with E-state index in [4.69, 9.17) is 0 Å². The Morgan fingerprint density at radius 2 is 2.00 bits per heavy atom. The normalized spacial score (nSPS) is 19.7. The maximum atomic E-state index is 11.9. The van der Waals surface area contributed by atoms with Gasteiger partial charge >= 0.3 is 0 Å². The summed E-state index contributed by atoms with van der Waals surface area (Å²) in [5.41, 5.74) is 0. The van der Waals surface area contributed by atoms with Crippen LogP contribution in [0.4, 0.5) is 0 Å². The molecule has 0 radical (unpaired) electrons. The molecule has 1 fully saturated rings. The van der Waals surface area contributed by atoms with Gasteiger partial charge in [-0.2, -0.15) is 0 Å². The second-order valence-electron chi connectivity index (χ2n) is 3.61. The SMILES string of the molecule is O=C(c1cc(S)cs1)N1CCS(=O)(=O)CC1. The summed E-state index contributed by atoms with van der Waals surface area (Å²) in [7, 11) is -2.93. The number of hydrogen-bond acceptors (Lipinski definition) is 5. The third-order valence-electron chi connectivity index (χ3n) is 2.43. The van der Waals surface area contributed by atoms with E-state index in [-0.39, 0.29) is 17.4 Å². The molecule has 1 amide bonds. The first-order chi connectivity index (χ1) is 7.48. The summed E-state index contributed by atoms with van der Waals surface area (Å²) >= 11 is 5.47. The van der Waals surface area contributed by atoms with Gasteiger partial charge in [0.15, 0.2) is 9.84 Å². The van der Waals surface area contributed by atoms with E-state index in [9.17, 15) is 13.2 Å². The second-order valence-corrected chi connectivity index (χ2v) is 7.34. The molecule has 0 unspecified atom stereocenters. The molecule has 0 spiro atoms. The lowest BCUT2D eigenvalue weighted by Crippen LogP contribution is -2.43. The highest BCUT2D eigenvalue weighted by atomic mass is 32.2. The number of thiol groups is 1. The fourth-order valence-electron chi connectivity index (χ4n) is 1.51. The van der Waals surface area contributed by atoms with Gasteiger partial charge < -0.3 is 4.90 Å². The van der Waals surface area contributed by atoms with Crippen molar-refractivity contribution < 1.29 is 13.2 Å². The van der Waals surface area contributed by atoms with Crippen LogP contribution < -0.4 is 0 Å². The Labute approximate surface area is 104 Å². The summed E-state index contributed by atoms with van der Waals surface area (Å²) in [5, 5.41) is 1.79. The van der Waals surface area contributed by atoms with Gasteiger partial charge in [-0.05, 0) is 6.07 Å². The minimum atomic E-state index is -2.93. The van der Waals surface area contributed by atoms with Crippen molar-refractivity contribution in [2.75, 3.05) is 24.6 Å². The number of sulfone groups is 1. The molecule has 1 saturated heterocycles. The summed E-state index contributed by atoms with van der Waals surface area (Å²) in [4.78, 5) is 14.9. The van der Waals surface area contributed by atoms with Gasteiger partial charge in [0.05, 0.1) is 16.4 Å². The van der Waals surface area contributed by atoms with Crippen molar-refractivity contribution in [3.05, 3.63) is 16.3 Å². The molecular formula is C9H11NO3S3. The molecule has 0 aliphatic carbocycles. The molecule has 0 bridgehead atoms. The van der Waals surface area contributed by atoms with Crippen LogP contribution in [-0.2, 0) is 9.84 Å². The van der Waals surface area contributed by atoms with Crippen molar-refractivity contribution in [1.82, 2.24) is 4.90 Å². The lowest BCUT2D eigenvalue weighted by atomic mass is 10.4. The predicted octanol–water partition coefficient (Wildman–Crippen LogP) is 0.907. The number of amides is 1. The zero-order chi connectivity index (χ0) is 11.8. The smallest absolute Gasteiger partial charge is 0.264 e. The fraction of sp³-hybridized carbons (Fsp3) is 0.444. The average Bonchev–Trinajstić information content (AvgIpc) is 2.64. The van der Waals surface area contributed by atoms with E-state index in [0.717, 1.165) is 4.90 Å². The Hall–Kier alpha value is -0.530. The van der Waals surface area contributed by atoms with Gasteiger partial charge in [-0.1, -0.05) is 0 Å². The lowest BCUT2D eigenvalue weighted by molar-refractivity contribution is 0.0775. The van der Waals surface area contributed by atoms with Crippen LogP contribution in [0.5, 0.6) is 0 Å².